The van der Waals surface area contributed by atoms with Crippen molar-refractivity contribution in [3.8, 4) is 0 Å². The summed E-state index contributed by atoms with van der Waals surface area (Å²) in [6.45, 7) is 5.11. The van der Waals surface area contributed by atoms with Gasteiger partial charge in [-0.1, -0.05) is 0 Å². The van der Waals surface area contributed by atoms with Crippen LogP contribution in [0.15, 0.2) is 0 Å². The van der Waals surface area contributed by atoms with E-state index in [9.17, 15) is 4.79 Å². The minimum Gasteiger partial charge on any atom is -0.480 e. The molecule has 0 amide bonds. The van der Waals surface area contributed by atoms with Crippen LogP contribution in [-0.4, -0.2) is 56.9 Å². The molecule has 1 aliphatic rings. The number of H-pyrrole nitrogens is 1. The molecule has 2 rings (SSSR count). The topological polar surface area (TPSA) is 91.3 Å². The number of hydrogen-bond acceptors (Lipinski definition) is 5. The van der Waals surface area contributed by atoms with Crippen molar-refractivity contribution in [2.24, 2.45) is 0 Å². The third-order valence-corrected chi connectivity index (χ3v) is 2.91. The van der Waals surface area contributed by atoms with Gasteiger partial charge in [-0.25, -0.2) is 4.98 Å². The number of nitrogens with one attached hydrogen (secondary N) is 1. The number of hydrogen-bond donors (Lipinski definition) is 2. The van der Waals surface area contributed by atoms with Gasteiger partial charge in [0.1, 0.15) is 18.0 Å². The highest BCUT2D eigenvalue weighted by atomic mass is 16.5. The van der Waals surface area contributed by atoms with E-state index in [0.29, 0.717) is 25.5 Å². The summed E-state index contributed by atoms with van der Waals surface area (Å²) in [7, 11) is 0. The molecule has 0 radical (unpaired) electrons. The normalized spacial score (nSPS) is 23.5. The Morgan fingerprint density at radius 2 is 2.47 bits per heavy atom. The van der Waals surface area contributed by atoms with Gasteiger partial charge in [0.15, 0.2) is 5.82 Å². The van der Waals surface area contributed by atoms with Gasteiger partial charge >= 0.3 is 5.97 Å². The summed E-state index contributed by atoms with van der Waals surface area (Å²) in [4.78, 5) is 17.0. The molecule has 1 aliphatic heterocycles. The zero-order valence-electron chi connectivity index (χ0n) is 9.88. The van der Waals surface area contributed by atoms with E-state index < -0.39 is 12.0 Å². The summed E-state index contributed by atoms with van der Waals surface area (Å²) < 4.78 is 5.56. The molecular weight excluding hydrogens is 224 g/mol. The van der Waals surface area contributed by atoms with Crippen molar-refractivity contribution in [1.82, 2.24) is 20.1 Å². The molecule has 0 spiro atoms. The molecule has 0 aromatic carbocycles. The van der Waals surface area contributed by atoms with Crippen molar-refractivity contribution in [2.45, 2.75) is 26.0 Å². The maximum Gasteiger partial charge on any atom is 0.320 e. The Balaban J connectivity index is 2.04. The van der Waals surface area contributed by atoms with Gasteiger partial charge < -0.3 is 9.84 Å². The fourth-order valence-corrected chi connectivity index (χ4v) is 1.84. The van der Waals surface area contributed by atoms with E-state index in [4.69, 9.17) is 9.84 Å². The highest BCUT2D eigenvalue weighted by Crippen LogP contribution is 2.20. The first kappa shape index (κ1) is 12.0. The fourth-order valence-electron chi connectivity index (χ4n) is 1.84. The van der Waals surface area contributed by atoms with Crippen molar-refractivity contribution in [3.05, 3.63) is 11.6 Å². The number of carboxylic acids is 1. The lowest BCUT2D eigenvalue weighted by Crippen LogP contribution is -2.47. The second-order valence-corrected chi connectivity index (χ2v) is 4.15. The zero-order chi connectivity index (χ0) is 12.4. The molecule has 7 nitrogen and oxygen atoms in total. The molecule has 1 aromatic heterocycles. The van der Waals surface area contributed by atoms with Crippen molar-refractivity contribution in [3.63, 3.8) is 0 Å². The van der Waals surface area contributed by atoms with Crippen molar-refractivity contribution < 1.29 is 14.6 Å². The number of carboxylic acid groups (broad SMARTS) is 1. The minimum absolute atomic E-state index is 0.254. The average Bonchev–Trinajstić information content (AvgIpc) is 2.75. The van der Waals surface area contributed by atoms with Crippen molar-refractivity contribution >= 4 is 5.97 Å². The Kier molecular flexibility index (Phi) is 3.39. The lowest BCUT2D eigenvalue weighted by Gasteiger charge is -2.33. The van der Waals surface area contributed by atoms with Crippen LogP contribution < -0.4 is 0 Å². The second kappa shape index (κ2) is 4.80. The predicted molar refractivity (Wildman–Crippen MR) is 58.5 cm³/mol. The second-order valence-electron chi connectivity index (χ2n) is 4.15. The molecule has 2 N–H and O–H groups in total. The van der Waals surface area contributed by atoms with Crippen LogP contribution in [0.25, 0.3) is 0 Å². The standard InChI is InChI=1S/C10H16N4O3/c1-6(10(15)16)14-3-4-17-8(5-14)9-11-7(2)12-13-9/h6,8H,3-5H2,1-2H3,(H,15,16)(H,11,12,13)/t6-,8+/m1/s1. The molecule has 0 saturated carbocycles. The Morgan fingerprint density at radius 1 is 1.71 bits per heavy atom. The van der Waals surface area contributed by atoms with Gasteiger partial charge in [0.2, 0.25) is 0 Å². The van der Waals surface area contributed by atoms with Crippen LogP contribution in [0.1, 0.15) is 24.7 Å². The molecule has 1 saturated heterocycles. The average molecular weight is 240 g/mol. The maximum absolute atomic E-state index is 10.9. The Hall–Kier alpha value is -1.47. The van der Waals surface area contributed by atoms with Crippen LogP contribution in [0.5, 0.6) is 0 Å². The lowest BCUT2D eigenvalue weighted by molar-refractivity contribution is -0.146. The molecule has 2 heterocycles. The molecule has 7 heteroatoms. The number of morpholine rings is 1. The molecule has 1 fully saturated rings. The summed E-state index contributed by atoms with van der Waals surface area (Å²) in [5, 5.41) is 15.8. The summed E-state index contributed by atoms with van der Waals surface area (Å²) in [6, 6.07) is -0.513. The first-order valence-electron chi connectivity index (χ1n) is 5.55. The van der Waals surface area contributed by atoms with Crippen LogP contribution >= 0.6 is 0 Å². The van der Waals surface area contributed by atoms with Crippen LogP contribution in [-0.2, 0) is 9.53 Å². The number of aromatic amines is 1. The number of aliphatic carboxylic acids is 1. The Bertz CT molecular complexity index is 406. The third-order valence-electron chi connectivity index (χ3n) is 2.91. The first-order chi connectivity index (χ1) is 8.08. The number of aromatic nitrogens is 3. The molecule has 94 valence electrons. The van der Waals surface area contributed by atoms with E-state index >= 15 is 0 Å². The van der Waals surface area contributed by atoms with Crippen LogP contribution in [0, 0.1) is 6.92 Å². The molecule has 2 atom stereocenters. The van der Waals surface area contributed by atoms with E-state index in [2.05, 4.69) is 15.2 Å². The Labute approximate surface area is 98.8 Å². The number of aryl methyl sites for hydroxylation is 1. The van der Waals surface area contributed by atoms with Crippen LogP contribution in [0.3, 0.4) is 0 Å². The van der Waals surface area contributed by atoms with Gasteiger partial charge in [-0.15, -0.1) is 0 Å². The molecule has 17 heavy (non-hydrogen) atoms. The van der Waals surface area contributed by atoms with Gasteiger partial charge in [-0.3, -0.25) is 14.8 Å². The van der Waals surface area contributed by atoms with E-state index in [-0.39, 0.29) is 6.10 Å². The molecule has 1 aromatic rings. The third kappa shape index (κ3) is 2.62. The number of carbonyl (C=O) groups is 1. The summed E-state index contributed by atoms with van der Waals surface area (Å²) in [5.74, 6) is 0.494. The smallest absolute Gasteiger partial charge is 0.320 e. The Morgan fingerprint density at radius 3 is 3.06 bits per heavy atom. The summed E-state index contributed by atoms with van der Waals surface area (Å²) in [6.07, 6.45) is -0.254. The zero-order valence-corrected chi connectivity index (χ0v) is 9.88. The minimum atomic E-state index is -0.822. The fraction of sp³-hybridized carbons (Fsp3) is 0.700. The monoisotopic (exact) mass is 240 g/mol. The van der Waals surface area contributed by atoms with Gasteiger partial charge in [0, 0.05) is 13.1 Å². The van der Waals surface area contributed by atoms with Gasteiger partial charge in [0.05, 0.1) is 6.61 Å². The van der Waals surface area contributed by atoms with E-state index in [0.717, 1.165) is 5.82 Å². The van der Waals surface area contributed by atoms with E-state index in [1.165, 1.54) is 0 Å². The van der Waals surface area contributed by atoms with Gasteiger partial charge in [-0.2, -0.15) is 5.10 Å². The predicted octanol–water partition coefficient (Wildman–Crippen LogP) is -0.0405. The van der Waals surface area contributed by atoms with E-state index in [1.54, 1.807) is 6.92 Å². The lowest BCUT2D eigenvalue weighted by atomic mass is 10.2. The van der Waals surface area contributed by atoms with Crippen LogP contribution in [0.2, 0.25) is 0 Å². The van der Waals surface area contributed by atoms with Gasteiger partial charge in [-0.05, 0) is 13.8 Å². The first-order valence-corrected chi connectivity index (χ1v) is 5.55. The van der Waals surface area contributed by atoms with Crippen molar-refractivity contribution in [1.29, 1.82) is 0 Å². The van der Waals surface area contributed by atoms with E-state index in [1.807, 2.05) is 11.8 Å². The quantitative estimate of drug-likeness (QED) is 0.770. The highest BCUT2D eigenvalue weighted by molar-refractivity contribution is 5.72. The largest absolute Gasteiger partial charge is 0.480 e. The molecule has 0 bridgehead atoms. The van der Waals surface area contributed by atoms with Crippen molar-refractivity contribution in [2.75, 3.05) is 19.7 Å². The van der Waals surface area contributed by atoms with Gasteiger partial charge in [0.25, 0.3) is 0 Å². The summed E-state index contributed by atoms with van der Waals surface area (Å²) in [5.41, 5.74) is 0. The number of rotatable bonds is 3. The molecule has 0 unspecified atom stereocenters. The maximum atomic E-state index is 10.9. The number of nitrogens with zero attached hydrogens (tertiary/aromatic N) is 3. The molecular formula is C10H16N4O3. The summed E-state index contributed by atoms with van der Waals surface area (Å²) >= 11 is 0. The SMILES string of the molecule is Cc1nc([C@@H]2CN([C@H](C)C(=O)O)CCO2)n[nH]1. The van der Waals surface area contributed by atoms with Crippen LogP contribution in [0.4, 0.5) is 0 Å². The molecule has 0 aliphatic carbocycles. The highest BCUT2D eigenvalue weighted by Gasteiger charge is 2.30. The number of ether oxygens (including phenoxy) is 1.